The Hall–Kier alpha value is -0.910. The van der Waals surface area contributed by atoms with Gasteiger partial charge < -0.3 is 19.7 Å². The average Bonchev–Trinajstić information content (AvgIpc) is 3.56. The number of carbonyl (C=O) groups excluding carboxylic acids is 1. The van der Waals surface area contributed by atoms with E-state index in [1.807, 2.05) is 13.0 Å². The summed E-state index contributed by atoms with van der Waals surface area (Å²) in [7, 11) is 0. The zero-order valence-corrected chi connectivity index (χ0v) is 26.3. The Bertz CT molecular complexity index is 662. The molecule has 2 aliphatic heterocycles. The van der Waals surface area contributed by atoms with Gasteiger partial charge in [0.15, 0.2) is 0 Å². The Kier molecular flexibility index (Phi) is 20.0. The first-order valence-electron chi connectivity index (χ1n) is 17.4. The Labute approximate surface area is 246 Å². The molecule has 0 aromatic carbocycles. The molecule has 0 unspecified atom stereocenters. The topological polar surface area (TPSA) is 76.0 Å². The molecule has 1 saturated heterocycles. The number of esters is 1. The van der Waals surface area contributed by atoms with Gasteiger partial charge in [0.2, 0.25) is 0 Å². The van der Waals surface area contributed by atoms with Gasteiger partial charge in [-0.2, -0.15) is 0 Å². The summed E-state index contributed by atoms with van der Waals surface area (Å²) >= 11 is 0. The summed E-state index contributed by atoms with van der Waals surface area (Å²) in [5.74, 6) is -0.196. The Morgan fingerprint density at radius 2 is 1.07 bits per heavy atom. The molecule has 2 aliphatic rings. The van der Waals surface area contributed by atoms with Gasteiger partial charge in [0.25, 0.3) is 0 Å². The first kappa shape index (κ1) is 35.3. The molecular formula is C35H64O5. The summed E-state index contributed by atoms with van der Waals surface area (Å²) in [4.78, 5) is 11.7. The van der Waals surface area contributed by atoms with E-state index < -0.39 is 12.2 Å². The minimum absolute atomic E-state index is 0.114. The molecule has 2 N–H and O–H groups in total. The molecule has 0 spiro atoms. The smallest absolute Gasteiger partial charge is 0.334 e. The lowest BCUT2D eigenvalue weighted by molar-refractivity contribution is -0.139. The molecule has 0 saturated carbocycles. The highest BCUT2D eigenvalue weighted by Gasteiger charge is 2.34. The number of aliphatic hydroxyl groups excluding tert-OH is 2. The normalized spacial score (nSPS) is 22.4. The summed E-state index contributed by atoms with van der Waals surface area (Å²) in [6, 6.07) is 0. The summed E-state index contributed by atoms with van der Waals surface area (Å²) in [5, 5.41) is 21.2. The van der Waals surface area contributed by atoms with Crippen molar-refractivity contribution in [3.8, 4) is 0 Å². The second-order valence-electron chi connectivity index (χ2n) is 12.8. The fourth-order valence-corrected chi connectivity index (χ4v) is 6.37. The lowest BCUT2D eigenvalue weighted by Gasteiger charge is -2.22. The molecule has 5 nitrogen and oxygen atoms in total. The van der Waals surface area contributed by atoms with Crippen molar-refractivity contribution in [1.82, 2.24) is 0 Å². The zero-order valence-electron chi connectivity index (χ0n) is 26.3. The van der Waals surface area contributed by atoms with Crippen LogP contribution in [0.25, 0.3) is 0 Å². The van der Waals surface area contributed by atoms with E-state index in [-0.39, 0.29) is 24.3 Å². The average molecular weight is 565 g/mol. The monoisotopic (exact) mass is 564 g/mol. The van der Waals surface area contributed by atoms with Crippen molar-refractivity contribution in [2.75, 3.05) is 0 Å². The van der Waals surface area contributed by atoms with Gasteiger partial charge in [-0.25, -0.2) is 4.79 Å². The minimum Gasteiger partial charge on any atom is -0.455 e. The SMILES string of the molecule is CCCCCCCCCCCCCCCCCCCC[C@H](O)[C@@H]1CC[C@@H]([C@@H](O)CCCCC2=C[C@H](C)OC2=O)O1. The molecule has 234 valence electrons. The molecule has 0 aromatic heterocycles. The van der Waals surface area contributed by atoms with Crippen molar-refractivity contribution in [3.63, 3.8) is 0 Å². The molecule has 1 fully saturated rings. The molecule has 2 rings (SSSR count). The number of hydrogen-bond donors (Lipinski definition) is 2. The largest absolute Gasteiger partial charge is 0.455 e. The quantitative estimate of drug-likeness (QED) is 0.0809. The molecule has 0 radical (unpaired) electrons. The minimum atomic E-state index is -0.495. The van der Waals surface area contributed by atoms with E-state index in [0.717, 1.165) is 44.1 Å². The van der Waals surface area contributed by atoms with Crippen LogP contribution >= 0.6 is 0 Å². The third-order valence-electron chi connectivity index (χ3n) is 8.98. The maximum Gasteiger partial charge on any atom is 0.334 e. The first-order valence-corrected chi connectivity index (χ1v) is 17.4. The summed E-state index contributed by atoms with van der Waals surface area (Å²) in [6.45, 7) is 4.16. The highest BCUT2D eigenvalue weighted by Crippen LogP contribution is 2.29. The van der Waals surface area contributed by atoms with Crippen LogP contribution < -0.4 is 0 Å². The van der Waals surface area contributed by atoms with Crippen molar-refractivity contribution < 1.29 is 24.5 Å². The zero-order chi connectivity index (χ0) is 28.8. The number of ether oxygens (including phenoxy) is 2. The molecule has 0 amide bonds. The van der Waals surface area contributed by atoms with Crippen molar-refractivity contribution >= 4 is 5.97 Å². The van der Waals surface area contributed by atoms with Gasteiger partial charge in [0.05, 0.1) is 24.4 Å². The Morgan fingerprint density at radius 3 is 1.48 bits per heavy atom. The van der Waals surface area contributed by atoms with Crippen LogP contribution in [-0.4, -0.2) is 46.7 Å². The van der Waals surface area contributed by atoms with Crippen LogP contribution in [0.2, 0.25) is 0 Å². The van der Waals surface area contributed by atoms with E-state index in [1.165, 1.54) is 109 Å². The van der Waals surface area contributed by atoms with Gasteiger partial charge in [0, 0.05) is 5.57 Å². The number of carbonyl (C=O) groups is 1. The van der Waals surface area contributed by atoms with Crippen LogP contribution in [0.15, 0.2) is 11.6 Å². The van der Waals surface area contributed by atoms with Gasteiger partial charge in [0.1, 0.15) is 6.10 Å². The van der Waals surface area contributed by atoms with Crippen LogP contribution in [0.5, 0.6) is 0 Å². The maximum absolute atomic E-state index is 11.7. The van der Waals surface area contributed by atoms with E-state index in [0.29, 0.717) is 12.8 Å². The lowest BCUT2D eigenvalue weighted by atomic mass is 10.00. The molecule has 2 heterocycles. The molecular weight excluding hydrogens is 500 g/mol. The number of aliphatic hydroxyl groups is 2. The molecule has 0 bridgehead atoms. The van der Waals surface area contributed by atoms with E-state index >= 15 is 0 Å². The first-order chi connectivity index (χ1) is 19.5. The fraction of sp³-hybridized carbons (Fsp3) is 0.914. The fourth-order valence-electron chi connectivity index (χ4n) is 6.37. The molecule has 0 aromatic rings. The standard InChI is InChI=1S/C35H64O5/c1-3-4-5-6-7-8-9-10-11-12-13-14-15-16-17-18-19-20-24-31(36)33-26-27-34(40-33)32(37)25-22-21-23-30-28-29(2)39-35(30)38/h28-29,31-34,36-37H,3-27H2,1-2H3/t29-,31-,32-,33-,34-/m0/s1. The summed E-state index contributed by atoms with van der Waals surface area (Å²) in [5.41, 5.74) is 0.766. The van der Waals surface area contributed by atoms with E-state index in [9.17, 15) is 15.0 Å². The van der Waals surface area contributed by atoms with Gasteiger partial charge in [-0.15, -0.1) is 0 Å². The van der Waals surface area contributed by atoms with Gasteiger partial charge in [-0.3, -0.25) is 0 Å². The number of rotatable bonds is 26. The second-order valence-corrected chi connectivity index (χ2v) is 12.8. The Morgan fingerprint density at radius 1 is 0.675 bits per heavy atom. The summed E-state index contributed by atoms with van der Waals surface area (Å²) < 4.78 is 11.2. The number of cyclic esters (lactones) is 1. The Balaban J connectivity index is 1.34. The second kappa shape index (κ2) is 22.7. The molecule has 5 atom stereocenters. The summed E-state index contributed by atoms with van der Waals surface area (Å²) in [6.07, 6.45) is 30.7. The van der Waals surface area contributed by atoms with Crippen LogP contribution in [0, 0.1) is 0 Å². The lowest BCUT2D eigenvalue weighted by Crippen LogP contribution is -2.31. The molecule has 5 heteroatoms. The van der Waals surface area contributed by atoms with Crippen LogP contribution in [-0.2, 0) is 14.3 Å². The highest BCUT2D eigenvalue weighted by molar-refractivity contribution is 5.90. The molecule has 40 heavy (non-hydrogen) atoms. The van der Waals surface area contributed by atoms with E-state index in [2.05, 4.69) is 6.92 Å². The van der Waals surface area contributed by atoms with Crippen molar-refractivity contribution in [1.29, 1.82) is 0 Å². The van der Waals surface area contributed by atoms with Crippen molar-refractivity contribution in [2.24, 2.45) is 0 Å². The third kappa shape index (κ3) is 15.9. The van der Waals surface area contributed by atoms with Crippen LogP contribution in [0.3, 0.4) is 0 Å². The highest BCUT2D eigenvalue weighted by atomic mass is 16.5. The van der Waals surface area contributed by atoms with E-state index in [1.54, 1.807) is 0 Å². The van der Waals surface area contributed by atoms with E-state index in [4.69, 9.17) is 9.47 Å². The van der Waals surface area contributed by atoms with Crippen LogP contribution in [0.1, 0.15) is 174 Å². The predicted octanol–water partition coefficient (Wildman–Crippen LogP) is 9.12. The third-order valence-corrected chi connectivity index (χ3v) is 8.98. The number of hydrogen-bond acceptors (Lipinski definition) is 5. The van der Waals surface area contributed by atoms with Gasteiger partial charge >= 0.3 is 5.97 Å². The van der Waals surface area contributed by atoms with Crippen LogP contribution in [0.4, 0.5) is 0 Å². The predicted molar refractivity (Wildman–Crippen MR) is 165 cm³/mol. The van der Waals surface area contributed by atoms with Gasteiger partial charge in [-0.1, -0.05) is 129 Å². The maximum atomic E-state index is 11.7. The molecule has 0 aliphatic carbocycles. The van der Waals surface area contributed by atoms with Crippen molar-refractivity contribution in [2.45, 2.75) is 205 Å². The van der Waals surface area contributed by atoms with Gasteiger partial charge in [-0.05, 0) is 51.5 Å². The number of unbranched alkanes of at least 4 members (excludes halogenated alkanes) is 18. The van der Waals surface area contributed by atoms with Crippen molar-refractivity contribution in [3.05, 3.63) is 11.6 Å².